The molecule has 0 aliphatic carbocycles. The van der Waals surface area contributed by atoms with Crippen molar-refractivity contribution in [1.82, 2.24) is 14.8 Å². The van der Waals surface area contributed by atoms with E-state index in [0.717, 1.165) is 0 Å². The Bertz CT molecular complexity index is 464. The predicted molar refractivity (Wildman–Crippen MR) is 65.5 cm³/mol. The number of hydrogen-bond donors (Lipinski definition) is 0. The predicted octanol–water partition coefficient (Wildman–Crippen LogP) is 0.758. The lowest BCUT2D eigenvalue weighted by Gasteiger charge is -2.32. The first kappa shape index (κ1) is 12.0. The molecule has 17 heavy (non-hydrogen) atoms. The summed E-state index contributed by atoms with van der Waals surface area (Å²) in [5, 5.41) is 0. The molecule has 5 nitrogen and oxygen atoms in total. The third kappa shape index (κ3) is 2.63. The summed E-state index contributed by atoms with van der Waals surface area (Å²) in [5.41, 5.74) is 0.546. The third-order valence-corrected chi connectivity index (χ3v) is 3.15. The third-order valence-electron chi connectivity index (χ3n) is 2.72. The second-order valence-corrected chi connectivity index (χ2v) is 4.72. The van der Waals surface area contributed by atoms with Crippen LogP contribution in [0.4, 0.5) is 0 Å². The Kier molecular flexibility index (Phi) is 3.42. The van der Waals surface area contributed by atoms with E-state index in [1.165, 1.54) is 0 Å². The van der Waals surface area contributed by atoms with Crippen molar-refractivity contribution in [1.29, 1.82) is 0 Å². The van der Waals surface area contributed by atoms with E-state index >= 15 is 0 Å². The number of carbonyl (C=O) groups excluding carboxylic acids is 2. The highest BCUT2D eigenvalue weighted by Crippen LogP contribution is 2.12. The SMILES string of the molecule is CN1CCN(C(=O)c2ccnc(Br)c2)CC1=O. The van der Waals surface area contributed by atoms with Crippen LogP contribution in [0.3, 0.4) is 0 Å². The van der Waals surface area contributed by atoms with Gasteiger partial charge in [0.2, 0.25) is 5.91 Å². The molecular weight excluding hydrogens is 286 g/mol. The highest BCUT2D eigenvalue weighted by Gasteiger charge is 2.25. The smallest absolute Gasteiger partial charge is 0.254 e. The van der Waals surface area contributed by atoms with Gasteiger partial charge >= 0.3 is 0 Å². The van der Waals surface area contributed by atoms with Gasteiger partial charge < -0.3 is 9.80 Å². The molecule has 0 unspecified atom stereocenters. The number of rotatable bonds is 1. The van der Waals surface area contributed by atoms with Crippen LogP contribution >= 0.6 is 15.9 Å². The summed E-state index contributed by atoms with van der Waals surface area (Å²) in [4.78, 5) is 30.8. The highest BCUT2D eigenvalue weighted by atomic mass is 79.9. The van der Waals surface area contributed by atoms with E-state index in [2.05, 4.69) is 20.9 Å². The Morgan fingerprint density at radius 2 is 2.24 bits per heavy atom. The molecule has 1 fully saturated rings. The number of nitrogens with zero attached hydrogens (tertiary/aromatic N) is 3. The van der Waals surface area contributed by atoms with E-state index in [-0.39, 0.29) is 18.4 Å². The zero-order chi connectivity index (χ0) is 12.4. The van der Waals surface area contributed by atoms with Crippen LogP contribution in [0.15, 0.2) is 22.9 Å². The monoisotopic (exact) mass is 297 g/mol. The van der Waals surface area contributed by atoms with Crippen molar-refractivity contribution in [2.45, 2.75) is 0 Å². The lowest BCUT2D eigenvalue weighted by Crippen LogP contribution is -2.50. The van der Waals surface area contributed by atoms with Crippen molar-refractivity contribution in [2.75, 3.05) is 26.7 Å². The second-order valence-electron chi connectivity index (χ2n) is 3.91. The van der Waals surface area contributed by atoms with E-state index in [9.17, 15) is 9.59 Å². The number of likely N-dealkylation sites (N-methyl/N-ethyl adjacent to an activating group) is 1. The molecule has 1 aliphatic rings. The van der Waals surface area contributed by atoms with E-state index in [1.54, 1.807) is 35.2 Å². The zero-order valence-electron chi connectivity index (χ0n) is 9.39. The molecule has 0 radical (unpaired) electrons. The maximum absolute atomic E-state index is 12.1. The van der Waals surface area contributed by atoms with Crippen molar-refractivity contribution in [3.05, 3.63) is 28.5 Å². The number of hydrogen-bond acceptors (Lipinski definition) is 3. The molecule has 6 heteroatoms. The molecule has 0 atom stereocenters. The number of aromatic nitrogens is 1. The van der Waals surface area contributed by atoms with Crippen LogP contribution in [0.5, 0.6) is 0 Å². The normalized spacial score (nSPS) is 16.2. The maximum atomic E-state index is 12.1. The van der Waals surface area contributed by atoms with Crippen molar-refractivity contribution >= 4 is 27.7 Å². The molecular formula is C11H12BrN3O2. The number of piperazine rings is 1. The Labute approximate surface area is 108 Å². The van der Waals surface area contributed by atoms with Gasteiger partial charge in [0.25, 0.3) is 5.91 Å². The molecule has 0 spiro atoms. The van der Waals surface area contributed by atoms with E-state index in [0.29, 0.717) is 23.3 Å². The van der Waals surface area contributed by atoms with Crippen molar-refractivity contribution < 1.29 is 9.59 Å². The number of halogens is 1. The van der Waals surface area contributed by atoms with Crippen LogP contribution in [0.25, 0.3) is 0 Å². The van der Waals surface area contributed by atoms with Gasteiger partial charge in [-0.15, -0.1) is 0 Å². The summed E-state index contributed by atoms with van der Waals surface area (Å²) < 4.78 is 0.615. The van der Waals surface area contributed by atoms with Crippen LogP contribution in [0, 0.1) is 0 Å². The van der Waals surface area contributed by atoms with Gasteiger partial charge in [-0.05, 0) is 28.1 Å². The summed E-state index contributed by atoms with van der Waals surface area (Å²) in [5.74, 6) is -0.160. The standard InChI is InChI=1S/C11H12BrN3O2/c1-14-4-5-15(7-10(14)16)11(17)8-2-3-13-9(12)6-8/h2-3,6H,4-5,7H2,1H3. The largest absolute Gasteiger partial charge is 0.342 e. The first-order valence-corrected chi connectivity index (χ1v) is 6.02. The zero-order valence-corrected chi connectivity index (χ0v) is 11.0. The van der Waals surface area contributed by atoms with E-state index < -0.39 is 0 Å². The summed E-state index contributed by atoms with van der Waals surface area (Å²) in [7, 11) is 1.74. The molecule has 90 valence electrons. The molecule has 2 heterocycles. The Hall–Kier alpha value is -1.43. The van der Waals surface area contributed by atoms with Gasteiger partial charge in [-0.3, -0.25) is 9.59 Å². The minimum Gasteiger partial charge on any atom is -0.342 e. The fourth-order valence-electron chi connectivity index (χ4n) is 1.65. The lowest BCUT2D eigenvalue weighted by molar-refractivity contribution is -0.133. The molecule has 1 aromatic heterocycles. The van der Waals surface area contributed by atoms with Crippen LogP contribution in [-0.2, 0) is 4.79 Å². The van der Waals surface area contributed by atoms with Gasteiger partial charge in [0.05, 0.1) is 0 Å². The molecule has 2 rings (SSSR count). The van der Waals surface area contributed by atoms with E-state index in [1.807, 2.05) is 0 Å². The van der Waals surface area contributed by atoms with Gasteiger partial charge in [0.15, 0.2) is 0 Å². The Balaban J connectivity index is 2.13. The molecule has 1 saturated heterocycles. The minimum absolute atomic E-state index is 0.0299. The average Bonchev–Trinajstić information content (AvgIpc) is 2.32. The number of carbonyl (C=O) groups is 2. The Morgan fingerprint density at radius 3 is 2.88 bits per heavy atom. The number of amides is 2. The summed E-state index contributed by atoms with van der Waals surface area (Å²) in [6.07, 6.45) is 1.56. The van der Waals surface area contributed by atoms with Crippen LogP contribution in [0.2, 0.25) is 0 Å². The second kappa shape index (κ2) is 4.83. The summed E-state index contributed by atoms with van der Waals surface area (Å²) >= 11 is 3.22. The first-order valence-electron chi connectivity index (χ1n) is 5.23. The van der Waals surface area contributed by atoms with Crippen LogP contribution < -0.4 is 0 Å². The van der Waals surface area contributed by atoms with E-state index in [4.69, 9.17) is 0 Å². The molecule has 0 bridgehead atoms. The molecule has 0 N–H and O–H groups in total. The fraction of sp³-hybridized carbons (Fsp3) is 0.364. The summed E-state index contributed by atoms with van der Waals surface area (Å²) in [6, 6.07) is 3.31. The average molecular weight is 298 g/mol. The first-order chi connectivity index (χ1) is 8.08. The maximum Gasteiger partial charge on any atom is 0.254 e. The molecule has 0 aromatic carbocycles. The topological polar surface area (TPSA) is 53.5 Å². The molecule has 1 aromatic rings. The van der Waals surface area contributed by atoms with Crippen molar-refractivity contribution in [2.24, 2.45) is 0 Å². The molecule has 1 aliphatic heterocycles. The fourth-order valence-corrected chi connectivity index (χ4v) is 2.01. The van der Waals surface area contributed by atoms with Crippen molar-refractivity contribution in [3.8, 4) is 0 Å². The van der Waals surface area contributed by atoms with Crippen LogP contribution in [-0.4, -0.2) is 53.3 Å². The minimum atomic E-state index is -0.130. The van der Waals surface area contributed by atoms with Crippen molar-refractivity contribution in [3.63, 3.8) is 0 Å². The quantitative estimate of drug-likeness (QED) is 0.719. The van der Waals surface area contributed by atoms with Gasteiger partial charge in [-0.1, -0.05) is 0 Å². The van der Waals surface area contributed by atoms with Gasteiger partial charge in [-0.25, -0.2) is 4.98 Å². The Morgan fingerprint density at radius 1 is 1.47 bits per heavy atom. The lowest BCUT2D eigenvalue weighted by atomic mass is 10.2. The van der Waals surface area contributed by atoms with Crippen LogP contribution in [0.1, 0.15) is 10.4 Å². The summed E-state index contributed by atoms with van der Waals surface area (Å²) in [6.45, 7) is 1.30. The van der Waals surface area contributed by atoms with Gasteiger partial charge in [0, 0.05) is 31.9 Å². The molecule has 2 amide bonds. The number of pyridine rings is 1. The molecule has 0 saturated carbocycles. The van der Waals surface area contributed by atoms with Gasteiger partial charge in [-0.2, -0.15) is 0 Å². The van der Waals surface area contributed by atoms with Gasteiger partial charge in [0.1, 0.15) is 11.1 Å². The highest BCUT2D eigenvalue weighted by molar-refractivity contribution is 9.10.